The fourth-order valence-corrected chi connectivity index (χ4v) is 1.97. The predicted molar refractivity (Wildman–Crippen MR) is 65.3 cm³/mol. The molecule has 17 heavy (non-hydrogen) atoms. The number of carboxylic acids is 1. The number of carboxylic acid groups (broad SMARTS) is 1. The molecule has 0 bridgehead atoms. The number of aromatic carboxylic acids is 1. The maximum Gasteiger partial charge on any atom is 0.340 e. The molecule has 1 aromatic heterocycles. The van der Waals surface area contributed by atoms with Crippen LogP contribution in [0, 0.1) is 6.92 Å². The molecular formula is C11H8Cl2N2O2. The Morgan fingerprint density at radius 1 is 1.29 bits per heavy atom. The van der Waals surface area contributed by atoms with Gasteiger partial charge in [-0.25, -0.2) is 9.48 Å². The van der Waals surface area contributed by atoms with Gasteiger partial charge in [-0.05, 0) is 31.2 Å². The van der Waals surface area contributed by atoms with Crippen molar-refractivity contribution in [1.29, 1.82) is 0 Å². The summed E-state index contributed by atoms with van der Waals surface area (Å²) < 4.78 is 1.37. The molecule has 0 radical (unpaired) electrons. The molecular weight excluding hydrogens is 263 g/mol. The third-order valence-corrected chi connectivity index (χ3v) is 2.89. The van der Waals surface area contributed by atoms with Crippen molar-refractivity contribution in [3.8, 4) is 5.69 Å². The first kappa shape index (κ1) is 12.0. The highest BCUT2D eigenvalue weighted by molar-refractivity contribution is 6.33. The van der Waals surface area contributed by atoms with E-state index in [-0.39, 0.29) is 10.7 Å². The van der Waals surface area contributed by atoms with Crippen LogP contribution in [0.4, 0.5) is 0 Å². The number of halogens is 2. The van der Waals surface area contributed by atoms with Gasteiger partial charge in [-0.1, -0.05) is 23.2 Å². The lowest BCUT2D eigenvalue weighted by Gasteiger charge is -2.02. The Morgan fingerprint density at radius 2 is 1.88 bits per heavy atom. The molecule has 0 saturated heterocycles. The molecule has 0 fully saturated rings. The van der Waals surface area contributed by atoms with Crippen molar-refractivity contribution >= 4 is 29.2 Å². The van der Waals surface area contributed by atoms with Crippen molar-refractivity contribution in [3.63, 3.8) is 0 Å². The Hall–Kier alpha value is -1.52. The van der Waals surface area contributed by atoms with E-state index in [1.54, 1.807) is 31.2 Å². The first-order chi connectivity index (χ1) is 8.00. The molecule has 0 amide bonds. The summed E-state index contributed by atoms with van der Waals surface area (Å²) in [5.74, 6) is -1.09. The van der Waals surface area contributed by atoms with Gasteiger partial charge in [0.2, 0.25) is 0 Å². The lowest BCUT2D eigenvalue weighted by Crippen LogP contribution is -1.99. The van der Waals surface area contributed by atoms with E-state index in [4.69, 9.17) is 28.3 Å². The van der Waals surface area contributed by atoms with Crippen LogP contribution in [0.25, 0.3) is 5.69 Å². The topological polar surface area (TPSA) is 55.1 Å². The third-order valence-electron chi connectivity index (χ3n) is 2.29. The van der Waals surface area contributed by atoms with Gasteiger partial charge in [0.1, 0.15) is 10.7 Å². The molecule has 0 aliphatic carbocycles. The number of rotatable bonds is 2. The molecule has 0 aliphatic heterocycles. The molecule has 1 N–H and O–H groups in total. The summed E-state index contributed by atoms with van der Waals surface area (Å²) in [4.78, 5) is 11.0. The Morgan fingerprint density at radius 3 is 2.35 bits per heavy atom. The molecule has 2 aromatic rings. The number of nitrogens with zero attached hydrogens (tertiary/aromatic N) is 2. The van der Waals surface area contributed by atoms with Gasteiger partial charge in [-0.3, -0.25) is 0 Å². The zero-order chi connectivity index (χ0) is 12.6. The van der Waals surface area contributed by atoms with Gasteiger partial charge >= 0.3 is 5.97 Å². The number of hydrogen-bond acceptors (Lipinski definition) is 2. The molecule has 4 nitrogen and oxygen atoms in total. The maximum atomic E-state index is 11.0. The minimum absolute atomic E-state index is 0.0154. The second kappa shape index (κ2) is 4.39. The maximum absolute atomic E-state index is 11.0. The summed E-state index contributed by atoms with van der Waals surface area (Å²) in [6.45, 7) is 1.60. The van der Waals surface area contributed by atoms with E-state index >= 15 is 0 Å². The van der Waals surface area contributed by atoms with Gasteiger partial charge in [0.25, 0.3) is 0 Å². The van der Waals surface area contributed by atoms with Crippen LogP contribution in [0.1, 0.15) is 16.1 Å². The van der Waals surface area contributed by atoms with Gasteiger partial charge in [-0.2, -0.15) is 5.10 Å². The number of aromatic nitrogens is 2. The first-order valence-corrected chi connectivity index (χ1v) is 5.50. The average Bonchev–Trinajstić information content (AvgIpc) is 2.55. The highest BCUT2D eigenvalue weighted by Gasteiger charge is 2.20. The molecule has 0 unspecified atom stereocenters. The summed E-state index contributed by atoms with van der Waals surface area (Å²) in [7, 11) is 0. The Bertz CT molecular complexity index is 576. The Labute approximate surface area is 107 Å². The number of aryl methyl sites for hydroxylation is 1. The quantitative estimate of drug-likeness (QED) is 0.912. The minimum Gasteiger partial charge on any atom is -0.478 e. The van der Waals surface area contributed by atoms with Crippen molar-refractivity contribution in [2.45, 2.75) is 6.92 Å². The highest BCUT2D eigenvalue weighted by Crippen LogP contribution is 2.24. The van der Waals surface area contributed by atoms with Crippen molar-refractivity contribution in [2.75, 3.05) is 0 Å². The summed E-state index contributed by atoms with van der Waals surface area (Å²) in [6.07, 6.45) is 0. The van der Waals surface area contributed by atoms with Crippen LogP contribution in [-0.2, 0) is 0 Å². The van der Waals surface area contributed by atoms with Crippen molar-refractivity contribution in [3.05, 3.63) is 45.7 Å². The van der Waals surface area contributed by atoms with E-state index in [9.17, 15) is 4.79 Å². The molecule has 6 heteroatoms. The Kier molecular flexibility index (Phi) is 3.09. The number of benzene rings is 1. The van der Waals surface area contributed by atoms with E-state index in [2.05, 4.69) is 5.10 Å². The molecule has 0 saturated carbocycles. The van der Waals surface area contributed by atoms with Crippen LogP contribution in [0.15, 0.2) is 24.3 Å². The predicted octanol–water partition coefficient (Wildman–Crippen LogP) is 3.19. The molecule has 1 heterocycles. The van der Waals surface area contributed by atoms with E-state index < -0.39 is 5.97 Å². The van der Waals surface area contributed by atoms with Crippen LogP contribution < -0.4 is 0 Å². The zero-order valence-electron chi connectivity index (χ0n) is 8.82. The molecule has 88 valence electrons. The lowest BCUT2D eigenvalue weighted by atomic mass is 10.3. The van der Waals surface area contributed by atoms with E-state index in [1.165, 1.54) is 4.68 Å². The van der Waals surface area contributed by atoms with Crippen LogP contribution in [0.2, 0.25) is 10.2 Å². The largest absolute Gasteiger partial charge is 0.478 e. The fraction of sp³-hybridized carbons (Fsp3) is 0.0909. The lowest BCUT2D eigenvalue weighted by molar-refractivity contribution is 0.0696. The molecule has 0 atom stereocenters. The smallest absolute Gasteiger partial charge is 0.340 e. The highest BCUT2D eigenvalue weighted by atomic mass is 35.5. The van der Waals surface area contributed by atoms with E-state index in [1.807, 2.05) is 0 Å². The third kappa shape index (κ3) is 2.14. The van der Waals surface area contributed by atoms with Gasteiger partial charge in [0.15, 0.2) is 0 Å². The van der Waals surface area contributed by atoms with Gasteiger partial charge in [-0.15, -0.1) is 0 Å². The SMILES string of the molecule is Cc1nn(-c2ccc(Cl)cc2)c(Cl)c1C(=O)O. The van der Waals surface area contributed by atoms with Crippen molar-refractivity contribution in [1.82, 2.24) is 9.78 Å². The standard InChI is InChI=1S/C11H8Cl2N2O2/c1-6-9(11(16)17)10(13)15(14-6)8-4-2-7(12)3-5-8/h2-5H,1H3,(H,16,17). The van der Waals surface area contributed by atoms with Crippen LogP contribution in [0.5, 0.6) is 0 Å². The van der Waals surface area contributed by atoms with Crippen LogP contribution >= 0.6 is 23.2 Å². The van der Waals surface area contributed by atoms with E-state index in [0.29, 0.717) is 16.4 Å². The van der Waals surface area contributed by atoms with E-state index in [0.717, 1.165) is 0 Å². The normalized spacial score (nSPS) is 10.5. The summed E-state index contributed by atoms with van der Waals surface area (Å²) in [6, 6.07) is 6.80. The molecule has 0 aliphatic rings. The van der Waals surface area contributed by atoms with Gasteiger partial charge in [0.05, 0.1) is 11.4 Å². The molecule has 2 rings (SSSR count). The fourth-order valence-electron chi connectivity index (χ4n) is 1.50. The first-order valence-electron chi connectivity index (χ1n) is 4.75. The van der Waals surface area contributed by atoms with Gasteiger partial charge in [0, 0.05) is 5.02 Å². The van der Waals surface area contributed by atoms with Gasteiger partial charge < -0.3 is 5.11 Å². The minimum atomic E-state index is -1.09. The van der Waals surface area contributed by atoms with Crippen molar-refractivity contribution < 1.29 is 9.90 Å². The number of hydrogen-bond donors (Lipinski definition) is 1. The summed E-state index contributed by atoms with van der Waals surface area (Å²) >= 11 is 11.8. The number of carbonyl (C=O) groups is 1. The monoisotopic (exact) mass is 270 g/mol. The second-order valence-corrected chi connectivity index (χ2v) is 4.24. The second-order valence-electron chi connectivity index (χ2n) is 3.44. The summed E-state index contributed by atoms with van der Waals surface area (Å²) in [5.41, 5.74) is 1.05. The molecule has 0 spiro atoms. The van der Waals surface area contributed by atoms with Crippen LogP contribution in [0.3, 0.4) is 0 Å². The van der Waals surface area contributed by atoms with Crippen molar-refractivity contribution in [2.24, 2.45) is 0 Å². The van der Waals surface area contributed by atoms with Crippen LogP contribution in [-0.4, -0.2) is 20.9 Å². The Balaban J connectivity index is 2.57. The average molecular weight is 271 g/mol. The molecule has 1 aromatic carbocycles. The zero-order valence-corrected chi connectivity index (χ0v) is 10.3. The summed E-state index contributed by atoms with van der Waals surface area (Å²) in [5, 5.41) is 13.8.